The first kappa shape index (κ1) is 22.9. The molecule has 0 saturated carbocycles. The molecule has 0 atom stereocenters. The van der Waals surface area contributed by atoms with Crippen molar-refractivity contribution in [3.05, 3.63) is 59.9 Å². The van der Waals surface area contributed by atoms with Crippen molar-refractivity contribution in [2.45, 2.75) is 31.6 Å². The maximum Gasteiger partial charge on any atom is 0.419 e. The highest BCUT2D eigenvalue weighted by Gasteiger charge is 2.33. The number of rotatable bonds is 7. The van der Waals surface area contributed by atoms with Gasteiger partial charge in [0.2, 0.25) is 0 Å². The van der Waals surface area contributed by atoms with E-state index in [1.807, 2.05) is 24.4 Å². The number of aromatic nitrogens is 1. The van der Waals surface area contributed by atoms with Crippen molar-refractivity contribution in [1.29, 1.82) is 0 Å². The molecule has 3 rings (SSSR count). The smallest absolute Gasteiger partial charge is 0.419 e. The number of guanidine groups is 1. The largest absolute Gasteiger partial charge is 0.491 e. The molecule has 1 fully saturated rings. The lowest BCUT2D eigenvalue weighted by Gasteiger charge is -2.32. The number of benzene rings is 1. The highest BCUT2D eigenvalue weighted by Crippen LogP contribution is 2.35. The SMILES string of the molecule is CN=C(NCCOc1ccccc1C(F)(F)F)NC1CCN(Cc2ccccn2)CC1. The van der Waals surface area contributed by atoms with Gasteiger partial charge in [0.25, 0.3) is 0 Å². The van der Waals surface area contributed by atoms with Crippen LogP contribution in [0.25, 0.3) is 0 Å². The molecule has 1 saturated heterocycles. The summed E-state index contributed by atoms with van der Waals surface area (Å²) >= 11 is 0. The van der Waals surface area contributed by atoms with Crippen molar-refractivity contribution >= 4 is 5.96 Å². The molecule has 0 bridgehead atoms. The van der Waals surface area contributed by atoms with Crippen molar-refractivity contribution in [1.82, 2.24) is 20.5 Å². The zero-order chi connectivity index (χ0) is 22.1. The van der Waals surface area contributed by atoms with Gasteiger partial charge >= 0.3 is 6.18 Å². The fourth-order valence-electron chi connectivity index (χ4n) is 3.50. The number of pyridine rings is 1. The van der Waals surface area contributed by atoms with E-state index in [1.54, 1.807) is 7.05 Å². The van der Waals surface area contributed by atoms with Gasteiger partial charge in [-0.05, 0) is 37.1 Å². The Morgan fingerprint density at radius 2 is 1.90 bits per heavy atom. The number of piperidine rings is 1. The number of ether oxygens (including phenoxy) is 1. The molecule has 1 aromatic carbocycles. The first-order valence-electron chi connectivity index (χ1n) is 10.3. The van der Waals surface area contributed by atoms with Crippen LogP contribution in [0.4, 0.5) is 13.2 Å². The second-order valence-electron chi connectivity index (χ2n) is 7.36. The third-order valence-corrected chi connectivity index (χ3v) is 5.11. The average Bonchev–Trinajstić information content (AvgIpc) is 2.77. The van der Waals surface area contributed by atoms with Gasteiger partial charge < -0.3 is 15.4 Å². The van der Waals surface area contributed by atoms with E-state index < -0.39 is 11.7 Å². The van der Waals surface area contributed by atoms with E-state index >= 15 is 0 Å². The van der Waals surface area contributed by atoms with Crippen LogP contribution in [-0.2, 0) is 12.7 Å². The van der Waals surface area contributed by atoms with E-state index in [-0.39, 0.29) is 18.4 Å². The van der Waals surface area contributed by atoms with Crippen LogP contribution in [0.2, 0.25) is 0 Å². The van der Waals surface area contributed by atoms with Crippen molar-refractivity contribution in [3.8, 4) is 5.75 Å². The summed E-state index contributed by atoms with van der Waals surface area (Å²) in [5.74, 6) is 0.455. The van der Waals surface area contributed by atoms with Crippen LogP contribution >= 0.6 is 0 Å². The zero-order valence-corrected chi connectivity index (χ0v) is 17.5. The van der Waals surface area contributed by atoms with Gasteiger partial charge in [-0.3, -0.25) is 14.9 Å². The molecule has 0 radical (unpaired) electrons. The molecule has 1 aliphatic rings. The van der Waals surface area contributed by atoms with Gasteiger partial charge in [0.1, 0.15) is 12.4 Å². The van der Waals surface area contributed by atoms with E-state index in [0.717, 1.165) is 44.2 Å². The highest BCUT2D eigenvalue weighted by molar-refractivity contribution is 5.79. The Labute approximate surface area is 180 Å². The van der Waals surface area contributed by atoms with Crippen molar-refractivity contribution in [2.24, 2.45) is 4.99 Å². The van der Waals surface area contributed by atoms with Crippen LogP contribution in [0.3, 0.4) is 0 Å². The molecule has 9 heteroatoms. The number of nitrogens with one attached hydrogen (secondary N) is 2. The molecule has 0 aliphatic carbocycles. The fraction of sp³-hybridized carbons (Fsp3) is 0.455. The minimum Gasteiger partial charge on any atom is -0.491 e. The summed E-state index contributed by atoms with van der Waals surface area (Å²) in [4.78, 5) is 11.0. The number of aliphatic imine (C=N–C) groups is 1. The maximum atomic E-state index is 13.0. The van der Waals surface area contributed by atoms with E-state index in [2.05, 4.69) is 25.5 Å². The molecule has 2 N–H and O–H groups in total. The Morgan fingerprint density at radius 1 is 1.16 bits per heavy atom. The van der Waals surface area contributed by atoms with Gasteiger partial charge in [0, 0.05) is 38.9 Å². The maximum absolute atomic E-state index is 13.0. The Kier molecular flexibility index (Phi) is 8.11. The Hall–Kier alpha value is -2.81. The molecule has 168 valence electrons. The van der Waals surface area contributed by atoms with E-state index in [4.69, 9.17) is 4.74 Å². The van der Waals surface area contributed by atoms with Crippen LogP contribution in [0.1, 0.15) is 24.1 Å². The summed E-state index contributed by atoms with van der Waals surface area (Å²) in [6.07, 6.45) is -0.677. The lowest BCUT2D eigenvalue weighted by atomic mass is 10.1. The molecule has 1 aromatic heterocycles. The molecule has 2 heterocycles. The van der Waals surface area contributed by atoms with Gasteiger partial charge in [0.15, 0.2) is 5.96 Å². The first-order chi connectivity index (χ1) is 15.0. The van der Waals surface area contributed by atoms with Crippen molar-refractivity contribution in [3.63, 3.8) is 0 Å². The normalized spacial score (nSPS) is 16.2. The number of para-hydroxylation sites is 1. The minimum atomic E-state index is -4.44. The first-order valence-corrected chi connectivity index (χ1v) is 10.3. The average molecular weight is 435 g/mol. The van der Waals surface area contributed by atoms with E-state index in [9.17, 15) is 13.2 Å². The van der Waals surface area contributed by atoms with Gasteiger partial charge in [-0.1, -0.05) is 18.2 Å². The molecular weight excluding hydrogens is 407 g/mol. The second kappa shape index (κ2) is 11.0. The monoisotopic (exact) mass is 435 g/mol. The predicted octanol–water partition coefficient (Wildman–Crippen LogP) is 3.31. The van der Waals surface area contributed by atoms with Crippen LogP contribution in [0, 0.1) is 0 Å². The number of hydrogen-bond donors (Lipinski definition) is 2. The number of halogens is 3. The third-order valence-electron chi connectivity index (χ3n) is 5.11. The molecule has 0 unspecified atom stereocenters. The highest BCUT2D eigenvalue weighted by atomic mass is 19.4. The summed E-state index contributed by atoms with van der Waals surface area (Å²) in [6, 6.07) is 11.5. The Bertz CT molecular complexity index is 837. The van der Waals surface area contributed by atoms with Gasteiger partial charge in [-0.2, -0.15) is 13.2 Å². The van der Waals surface area contributed by atoms with Gasteiger partial charge in [-0.15, -0.1) is 0 Å². The quantitative estimate of drug-likeness (QED) is 0.397. The molecule has 1 aliphatic heterocycles. The zero-order valence-electron chi connectivity index (χ0n) is 17.5. The van der Waals surface area contributed by atoms with Gasteiger partial charge in [0.05, 0.1) is 17.8 Å². The van der Waals surface area contributed by atoms with Gasteiger partial charge in [-0.25, -0.2) is 0 Å². The summed E-state index contributed by atoms with van der Waals surface area (Å²) in [7, 11) is 1.67. The molecular formula is C22H28F3N5O. The standard InChI is InChI=1S/C22H28F3N5O/c1-26-21(28-12-15-31-20-8-3-2-7-19(20)22(23,24)25)29-17-9-13-30(14-10-17)16-18-6-4-5-11-27-18/h2-8,11,17H,9-10,12-16H2,1H3,(H2,26,28,29). The fourth-order valence-corrected chi connectivity index (χ4v) is 3.50. The molecule has 0 amide bonds. The Morgan fingerprint density at radius 3 is 2.58 bits per heavy atom. The van der Waals surface area contributed by atoms with E-state index in [0.29, 0.717) is 12.5 Å². The molecule has 31 heavy (non-hydrogen) atoms. The third kappa shape index (κ3) is 7.13. The van der Waals surface area contributed by atoms with Crippen molar-refractivity contribution < 1.29 is 17.9 Å². The molecule has 6 nitrogen and oxygen atoms in total. The summed E-state index contributed by atoms with van der Waals surface area (Å²) in [6.45, 7) is 3.20. The van der Waals surface area contributed by atoms with Crippen molar-refractivity contribution in [2.75, 3.05) is 33.3 Å². The minimum absolute atomic E-state index is 0.0936. The number of nitrogens with zero attached hydrogens (tertiary/aromatic N) is 3. The summed E-state index contributed by atoms with van der Waals surface area (Å²) < 4.78 is 44.4. The van der Waals surface area contributed by atoms with Crippen LogP contribution in [0.5, 0.6) is 5.75 Å². The molecule has 2 aromatic rings. The van der Waals surface area contributed by atoms with Crippen LogP contribution in [-0.4, -0.2) is 55.2 Å². The second-order valence-corrected chi connectivity index (χ2v) is 7.36. The lowest BCUT2D eigenvalue weighted by Crippen LogP contribution is -2.49. The predicted molar refractivity (Wildman–Crippen MR) is 114 cm³/mol. The Balaban J connectivity index is 1.38. The summed E-state index contributed by atoms with van der Waals surface area (Å²) in [5.41, 5.74) is 0.299. The summed E-state index contributed by atoms with van der Waals surface area (Å²) in [5, 5.41) is 6.49. The topological polar surface area (TPSA) is 61.8 Å². The van der Waals surface area contributed by atoms with Crippen LogP contribution < -0.4 is 15.4 Å². The van der Waals surface area contributed by atoms with E-state index in [1.165, 1.54) is 18.2 Å². The number of likely N-dealkylation sites (tertiary alicyclic amines) is 1. The van der Waals surface area contributed by atoms with Crippen LogP contribution in [0.15, 0.2) is 53.7 Å². The number of alkyl halides is 3. The number of hydrogen-bond acceptors (Lipinski definition) is 4. The lowest BCUT2D eigenvalue weighted by molar-refractivity contribution is -0.138. The molecule has 0 spiro atoms.